The minimum absolute atomic E-state index is 0.0420. The van der Waals surface area contributed by atoms with E-state index in [9.17, 15) is 18.7 Å². The molecule has 0 aliphatic carbocycles. The normalized spacial score (nSPS) is 20.0. The van der Waals surface area contributed by atoms with E-state index in [1.54, 1.807) is 31.4 Å². The van der Waals surface area contributed by atoms with E-state index in [0.29, 0.717) is 17.1 Å². The fraction of sp³-hybridized carbons (Fsp3) is 0.375. The monoisotopic (exact) mass is 338 g/mol. The van der Waals surface area contributed by atoms with Gasteiger partial charge in [-0.05, 0) is 30.7 Å². The number of rotatable bonds is 3. The third-order valence-corrected chi connectivity index (χ3v) is 3.95. The van der Waals surface area contributed by atoms with Crippen molar-refractivity contribution in [3.63, 3.8) is 0 Å². The number of amides is 1. The second kappa shape index (κ2) is 6.20. The zero-order valence-electron chi connectivity index (χ0n) is 12.9. The van der Waals surface area contributed by atoms with E-state index in [2.05, 4.69) is 5.16 Å². The molecule has 1 aliphatic rings. The number of alkyl halides is 2. The van der Waals surface area contributed by atoms with Crippen molar-refractivity contribution in [2.75, 3.05) is 20.2 Å². The molecular formula is C16H16F2N2O4. The number of halogens is 2. The molecule has 1 aromatic carbocycles. The van der Waals surface area contributed by atoms with E-state index >= 15 is 0 Å². The summed E-state index contributed by atoms with van der Waals surface area (Å²) >= 11 is 0. The van der Waals surface area contributed by atoms with Gasteiger partial charge in [0.05, 0.1) is 13.7 Å². The standard InChI is InChI=1S/C16H16F2N2O4/c1-23-11-4-2-10(3-5-11)13-8-12(19-24-13)15(22)20-7-6-14(21)16(17,18)9-20/h2-5,8,14,21H,6-7,9H2,1H3. The first-order chi connectivity index (χ1) is 11.4. The quantitative estimate of drug-likeness (QED) is 0.928. The van der Waals surface area contributed by atoms with Crippen LogP contribution in [0.2, 0.25) is 0 Å². The van der Waals surface area contributed by atoms with Crippen LogP contribution in [0.4, 0.5) is 8.78 Å². The molecule has 0 bridgehead atoms. The zero-order valence-corrected chi connectivity index (χ0v) is 12.9. The lowest BCUT2D eigenvalue weighted by Crippen LogP contribution is -2.53. The third-order valence-electron chi connectivity index (χ3n) is 3.95. The molecule has 0 radical (unpaired) electrons. The molecule has 3 rings (SSSR count). The van der Waals surface area contributed by atoms with E-state index in [-0.39, 0.29) is 18.7 Å². The Hall–Kier alpha value is -2.48. The van der Waals surface area contributed by atoms with Gasteiger partial charge in [0.15, 0.2) is 11.5 Å². The summed E-state index contributed by atoms with van der Waals surface area (Å²) < 4.78 is 37.3. The van der Waals surface area contributed by atoms with Gasteiger partial charge < -0.3 is 19.3 Å². The Kier molecular flexibility index (Phi) is 4.23. The molecular weight excluding hydrogens is 322 g/mol. The fourth-order valence-electron chi connectivity index (χ4n) is 2.53. The Balaban J connectivity index is 1.76. The number of benzene rings is 1. The predicted octanol–water partition coefficient (Wildman–Crippen LogP) is 2.19. The Morgan fingerprint density at radius 2 is 2.12 bits per heavy atom. The number of ether oxygens (including phenoxy) is 1. The maximum Gasteiger partial charge on any atom is 0.290 e. The van der Waals surface area contributed by atoms with Crippen molar-refractivity contribution < 1.29 is 27.9 Å². The lowest BCUT2D eigenvalue weighted by molar-refractivity contribution is -0.142. The molecule has 2 heterocycles. The van der Waals surface area contributed by atoms with Gasteiger partial charge >= 0.3 is 0 Å². The maximum absolute atomic E-state index is 13.6. The first kappa shape index (κ1) is 16.4. The van der Waals surface area contributed by atoms with Gasteiger partial charge in [0.2, 0.25) is 0 Å². The van der Waals surface area contributed by atoms with Crippen molar-refractivity contribution in [1.29, 1.82) is 0 Å². The molecule has 1 aliphatic heterocycles. The highest BCUT2D eigenvalue weighted by Crippen LogP contribution is 2.29. The molecule has 1 saturated heterocycles. The Morgan fingerprint density at radius 3 is 2.75 bits per heavy atom. The summed E-state index contributed by atoms with van der Waals surface area (Å²) in [7, 11) is 1.55. The van der Waals surface area contributed by atoms with Crippen LogP contribution < -0.4 is 4.74 Å². The van der Waals surface area contributed by atoms with Crippen LogP contribution in [0.3, 0.4) is 0 Å². The Labute approximate surface area is 136 Å². The number of nitrogens with zero attached hydrogens (tertiary/aromatic N) is 2. The number of carbonyl (C=O) groups excluding carboxylic acids is 1. The topological polar surface area (TPSA) is 75.8 Å². The van der Waals surface area contributed by atoms with Crippen LogP contribution in [0.25, 0.3) is 11.3 Å². The van der Waals surface area contributed by atoms with Crippen LogP contribution in [0, 0.1) is 0 Å². The summed E-state index contributed by atoms with van der Waals surface area (Å²) in [6.07, 6.45) is -1.91. The van der Waals surface area contributed by atoms with Crippen molar-refractivity contribution in [2.24, 2.45) is 0 Å². The largest absolute Gasteiger partial charge is 0.497 e. The molecule has 0 saturated carbocycles. The summed E-state index contributed by atoms with van der Waals surface area (Å²) in [4.78, 5) is 13.3. The van der Waals surface area contributed by atoms with E-state index in [1.807, 2.05) is 0 Å². The Morgan fingerprint density at radius 1 is 1.42 bits per heavy atom. The number of aliphatic hydroxyl groups excluding tert-OH is 1. The SMILES string of the molecule is COc1ccc(-c2cc(C(=O)N3CCC(O)C(F)(F)C3)no2)cc1. The first-order valence-corrected chi connectivity index (χ1v) is 7.37. The van der Waals surface area contributed by atoms with E-state index in [4.69, 9.17) is 9.26 Å². The number of likely N-dealkylation sites (tertiary alicyclic amines) is 1. The lowest BCUT2D eigenvalue weighted by atomic mass is 10.0. The molecule has 1 aromatic heterocycles. The van der Waals surface area contributed by atoms with Crippen LogP contribution >= 0.6 is 0 Å². The van der Waals surface area contributed by atoms with Gasteiger partial charge in [-0.15, -0.1) is 0 Å². The van der Waals surface area contributed by atoms with Gasteiger partial charge in [0.25, 0.3) is 11.8 Å². The number of piperidine rings is 1. The molecule has 1 atom stereocenters. The van der Waals surface area contributed by atoms with Crippen molar-refractivity contribution in [3.05, 3.63) is 36.0 Å². The average Bonchev–Trinajstić information content (AvgIpc) is 3.06. The maximum atomic E-state index is 13.6. The zero-order chi connectivity index (χ0) is 17.3. The highest BCUT2D eigenvalue weighted by molar-refractivity contribution is 5.93. The second-order valence-electron chi connectivity index (χ2n) is 5.60. The van der Waals surface area contributed by atoms with Crippen LogP contribution in [-0.4, -0.2) is 53.3 Å². The first-order valence-electron chi connectivity index (χ1n) is 7.37. The fourth-order valence-corrected chi connectivity index (χ4v) is 2.53. The minimum atomic E-state index is -3.32. The molecule has 24 heavy (non-hydrogen) atoms. The number of aromatic nitrogens is 1. The van der Waals surface area contributed by atoms with Crippen molar-refractivity contribution in [1.82, 2.24) is 10.1 Å². The highest BCUT2D eigenvalue weighted by Gasteiger charge is 2.45. The van der Waals surface area contributed by atoms with Gasteiger partial charge in [0, 0.05) is 18.2 Å². The summed E-state index contributed by atoms with van der Waals surface area (Å²) in [6.45, 7) is -0.794. The molecule has 1 amide bonds. The molecule has 1 N–H and O–H groups in total. The van der Waals surface area contributed by atoms with E-state index in [1.165, 1.54) is 6.07 Å². The smallest absolute Gasteiger partial charge is 0.290 e. The van der Waals surface area contributed by atoms with Gasteiger partial charge in [-0.2, -0.15) is 0 Å². The van der Waals surface area contributed by atoms with Gasteiger partial charge in [-0.25, -0.2) is 8.78 Å². The summed E-state index contributed by atoms with van der Waals surface area (Å²) in [5, 5.41) is 12.9. The number of hydrogen-bond donors (Lipinski definition) is 1. The van der Waals surface area contributed by atoms with Crippen LogP contribution in [0.5, 0.6) is 5.75 Å². The predicted molar refractivity (Wildman–Crippen MR) is 80.0 cm³/mol. The summed E-state index contributed by atoms with van der Waals surface area (Å²) in [6, 6.07) is 8.34. The van der Waals surface area contributed by atoms with Crippen LogP contribution in [0.1, 0.15) is 16.9 Å². The molecule has 8 heteroatoms. The van der Waals surface area contributed by atoms with E-state index < -0.39 is 24.5 Å². The Bertz CT molecular complexity index is 730. The summed E-state index contributed by atoms with van der Waals surface area (Å²) in [5.41, 5.74) is 0.634. The molecule has 0 spiro atoms. The van der Waals surface area contributed by atoms with Crippen molar-refractivity contribution >= 4 is 5.91 Å². The molecule has 1 fully saturated rings. The van der Waals surface area contributed by atoms with Crippen molar-refractivity contribution in [3.8, 4) is 17.1 Å². The third kappa shape index (κ3) is 3.09. The molecule has 6 nitrogen and oxygen atoms in total. The van der Waals surface area contributed by atoms with Crippen LogP contribution in [0.15, 0.2) is 34.9 Å². The molecule has 2 aromatic rings. The lowest BCUT2D eigenvalue weighted by Gasteiger charge is -2.35. The number of methoxy groups -OCH3 is 1. The molecule has 128 valence electrons. The number of hydrogen-bond acceptors (Lipinski definition) is 5. The number of carbonyl (C=O) groups is 1. The number of aliphatic hydroxyl groups is 1. The minimum Gasteiger partial charge on any atom is -0.497 e. The molecule has 1 unspecified atom stereocenters. The summed E-state index contributed by atoms with van der Waals surface area (Å²) in [5.74, 6) is -2.95. The second-order valence-corrected chi connectivity index (χ2v) is 5.60. The van der Waals surface area contributed by atoms with Gasteiger partial charge in [0.1, 0.15) is 11.9 Å². The van der Waals surface area contributed by atoms with Crippen molar-refractivity contribution in [2.45, 2.75) is 18.4 Å². The van der Waals surface area contributed by atoms with Gasteiger partial charge in [-0.1, -0.05) is 5.16 Å². The average molecular weight is 338 g/mol. The van der Waals surface area contributed by atoms with E-state index in [0.717, 1.165) is 4.90 Å². The van der Waals surface area contributed by atoms with Crippen LogP contribution in [-0.2, 0) is 0 Å². The van der Waals surface area contributed by atoms with Gasteiger partial charge in [-0.3, -0.25) is 4.79 Å². The highest BCUT2D eigenvalue weighted by atomic mass is 19.3.